The van der Waals surface area contributed by atoms with Crippen molar-refractivity contribution in [2.75, 3.05) is 31.5 Å². The van der Waals surface area contributed by atoms with Crippen LogP contribution in [0.2, 0.25) is 0 Å². The highest BCUT2D eigenvalue weighted by atomic mass is 35.5. The van der Waals surface area contributed by atoms with E-state index in [9.17, 15) is 9.59 Å². The number of hydrogen-bond acceptors (Lipinski definition) is 4. The quantitative estimate of drug-likeness (QED) is 0.542. The summed E-state index contributed by atoms with van der Waals surface area (Å²) < 4.78 is 0. The predicted octanol–water partition coefficient (Wildman–Crippen LogP) is 3.06. The first-order valence-corrected chi connectivity index (χ1v) is 9.05. The molecule has 8 heteroatoms. The number of hydrogen-bond donors (Lipinski definition) is 3. The van der Waals surface area contributed by atoms with E-state index < -0.39 is 5.54 Å². The number of nitrogens with one attached hydrogen (secondary N) is 2. The summed E-state index contributed by atoms with van der Waals surface area (Å²) in [6.07, 6.45) is 1.43. The molecule has 0 saturated carbocycles. The maximum absolute atomic E-state index is 12.3. The highest BCUT2D eigenvalue weighted by Crippen LogP contribution is 2.15. The van der Waals surface area contributed by atoms with Gasteiger partial charge in [-0.2, -0.15) is 0 Å². The maximum Gasteiger partial charge on any atom is 0.251 e. The lowest BCUT2D eigenvalue weighted by Crippen LogP contribution is -2.48. The molecule has 2 amide bonds. The van der Waals surface area contributed by atoms with Gasteiger partial charge in [-0.1, -0.05) is 33.3 Å². The largest absolute Gasteiger partial charge is 0.351 e. The molecule has 1 rings (SSSR count). The third kappa shape index (κ3) is 9.42. The fourth-order valence-electron chi connectivity index (χ4n) is 2.61. The smallest absolute Gasteiger partial charge is 0.251 e. The summed E-state index contributed by atoms with van der Waals surface area (Å²) in [5.74, 6) is -0.388. The monoisotopic (exact) mass is 420 g/mol. The van der Waals surface area contributed by atoms with Crippen LogP contribution in [-0.4, -0.2) is 48.4 Å². The second-order valence-corrected chi connectivity index (χ2v) is 6.49. The third-order valence-corrected chi connectivity index (χ3v) is 4.28. The molecule has 0 aliphatic carbocycles. The molecule has 0 aliphatic heterocycles. The van der Waals surface area contributed by atoms with E-state index in [1.165, 1.54) is 0 Å². The van der Waals surface area contributed by atoms with Gasteiger partial charge in [0.15, 0.2) is 0 Å². The number of likely N-dealkylation sites (N-methyl/N-ethyl adjacent to an activating group) is 1. The molecule has 0 fully saturated rings. The Balaban J connectivity index is 0. The lowest BCUT2D eigenvalue weighted by molar-refractivity contribution is -0.120. The molecule has 0 bridgehead atoms. The van der Waals surface area contributed by atoms with Crippen molar-refractivity contribution in [1.29, 1.82) is 0 Å². The Morgan fingerprint density at radius 1 is 1.15 bits per heavy atom. The maximum atomic E-state index is 12.3. The average Bonchev–Trinajstić information content (AvgIpc) is 2.58. The van der Waals surface area contributed by atoms with Crippen LogP contribution < -0.4 is 16.4 Å². The molecule has 0 radical (unpaired) electrons. The van der Waals surface area contributed by atoms with Crippen LogP contribution in [0, 0.1) is 0 Å². The number of nitrogens with two attached hydrogens (primary N) is 1. The zero-order valence-corrected chi connectivity index (χ0v) is 18.3. The summed E-state index contributed by atoms with van der Waals surface area (Å²) in [5, 5.41) is 5.71. The summed E-state index contributed by atoms with van der Waals surface area (Å²) in [4.78, 5) is 26.8. The molecule has 0 saturated heterocycles. The van der Waals surface area contributed by atoms with E-state index in [1.54, 1.807) is 31.2 Å². The van der Waals surface area contributed by atoms with Crippen LogP contribution in [0.15, 0.2) is 24.3 Å². The van der Waals surface area contributed by atoms with E-state index in [-0.39, 0.29) is 36.6 Å². The zero-order valence-electron chi connectivity index (χ0n) is 16.7. The van der Waals surface area contributed by atoms with E-state index in [4.69, 9.17) is 5.73 Å². The van der Waals surface area contributed by atoms with E-state index in [0.717, 1.165) is 26.1 Å². The Hall–Kier alpha value is -1.34. The second kappa shape index (κ2) is 13.8. The fourth-order valence-corrected chi connectivity index (χ4v) is 2.61. The Bertz CT molecular complexity index is 579. The Morgan fingerprint density at radius 2 is 1.78 bits per heavy atom. The van der Waals surface area contributed by atoms with Crippen LogP contribution >= 0.6 is 24.8 Å². The zero-order chi connectivity index (χ0) is 18.9. The van der Waals surface area contributed by atoms with Gasteiger partial charge >= 0.3 is 0 Å². The Kier molecular flexibility index (Phi) is 14.2. The van der Waals surface area contributed by atoms with Crippen molar-refractivity contribution < 1.29 is 9.59 Å². The van der Waals surface area contributed by atoms with Gasteiger partial charge in [0.2, 0.25) is 5.91 Å². The summed E-state index contributed by atoms with van der Waals surface area (Å²) >= 11 is 0. The predicted molar refractivity (Wildman–Crippen MR) is 117 cm³/mol. The molecule has 0 aromatic heterocycles. The van der Waals surface area contributed by atoms with Crippen molar-refractivity contribution in [3.8, 4) is 0 Å². The first kappa shape index (κ1) is 27.9. The molecule has 156 valence electrons. The van der Waals surface area contributed by atoms with Gasteiger partial charge in [0, 0.05) is 24.3 Å². The van der Waals surface area contributed by atoms with Crippen molar-refractivity contribution in [2.24, 2.45) is 5.73 Å². The molecule has 0 aliphatic rings. The lowest BCUT2D eigenvalue weighted by atomic mass is 9.96. The van der Waals surface area contributed by atoms with Gasteiger partial charge in [0.1, 0.15) is 0 Å². The number of anilines is 1. The van der Waals surface area contributed by atoms with Crippen molar-refractivity contribution in [3.05, 3.63) is 29.8 Å². The molecule has 1 aromatic rings. The van der Waals surface area contributed by atoms with Gasteiger partial charge in [-0.3, -0.25) is 9.59 Å². The summed E-state index contributed by atoms with van der Waals surface area (Å²) in [6.45, 7) is 11.2. The van der Waals surface area contributed by atoms with Crippen LogP contribution in [0.5, 0.6) is 0 Å². The lowest BCUT2D eigenvalue weighted by Gasteiger charge is -2.23. The van der Waals surface area contributed by atoms with Gasteiger partial charge in [0.25, 0.3) is 5.91 Å². The molecular weight excluding hydrogens is 387 g/mol. The normalized spacial score (nSPS) is 12.4. The summed E-state index contributed by atoms with van der Waals surface area (Å²) in [6, 6.07) is 6.91. The van der Waals surface area contributed by atoms with Gasteiger partial charge in [-0.25, -0.2) is 0 Å². The molecule has 4 N–H and O–H groups in total. The Labute approximate surface area is 175 Å². The standard InChI is InChI=1S/C19H32N4O2.2ClH/c1-5-11-19(4,20)18(25)22-16-10-8-9-15(14-16)17(24)21-12-13-23(6-2)7-3;;/h8-10,14H,5-7,11-13,20H2,1-4H3,(H,21,24)(H,22,25);2*1H. The van der Waals surface area contributed by atoms with Crippen molar-refractivity contribution in [2.45, 2.75) is 46.1 Å². The van der Waals surface area contributed by atoms with Crippen molar-refractivity contribution in [1.82, 2.24) is 10.2 Å². The van der Waals surface area contributed by atoms with Crippen LogP contribution in [-0.2, 0) is 4.79 Å². The highest BCUT2D eigenvalue weighted by molar-refractivity contribution is 6.00. The molecule has 1 atom stereocenters. The summed E-state index contributed by atoms with van der Waals surface area (Å²) in [5.41, 5.74) is 6.22. The average molecular weight is 421 g/mol. The number of nitrogens with zero attached hydrogens (tertiary/aromatic N) is 1. The van der Waals surface area contributed by atoms with Crippen LogP contribution in [0.25, 0.3) is 0 Å². The minimum absolute atomic E-state index is 0. The van der Waals surface area contributed by atoms with Gasteiger partial charge in [0.05, 0.1) is 5.54 Å². The van der Waals surface area contributed by atoms with E-state index in [2.05, 4.69) is 29.4 Å². The summed E-state index contributed by atoms with van der Waals surface area (Å²) in [7, 11) is 0. The number of rotatable bonds is 10. The van der Waals surface area contributed by atoms with E-state index in [0.29, 0.717) is 24.2 Å². The molecule has 1 aromatic carbocycles. The number of halogens is 2. The number of amides is 2. The van der Waals surface area contributed by atoms with Crippen LogP contribution in [0.3, 0.4) is 0 Å². The SMILES string of the molecule is CCCC(C)(N)C(=O)Nc1cccc(C(=O)NCCN(CC)CC)c1.Cl.Cl. The van der Waals surface area contributed by atoms with Crippen LogP contribution in [0.1, 0.15) is 50.9 Å². The molecule has 27 heavy (non-hydrogen) atoms. The number of benzene rings is 1. The minimum atomic E-state index is -0.920. The topological polar surface area (TPSA) is 87.5 Å². The van der Waals surface area contributed by atoms with Gasteiger partial charge < -0.3 is 21.3 Å². The minimum Gasteiger partial charge on any atom is -0.351 e. The molecule has 0 spiro atoms. The van der Waals surface area contributed by atoms with Gasteiger partial charge in [-0.05, 0) is 44.6 Å². The first-order chi connectivity index (χ1) is 11.8. The third-order valence-electron chi connectivity index (χ3n) is 4.28. The van der Waals surface area contributed by atoms with E-state index >= 15 is 0 Å². The first-order valence-electron chi connectivity index (χ1n) is 9.05. The Morgan fingerprint density at radius 3 is 2.33 bits per heavy atom. The molecule has 6 nitrogen and oxygen atoms in total. The highest BCUT2D eigenvalue weighted by Gasteiger charge is 2.27. The molecule has 1 unspecified atom stereocenters. The van der Waals surface area contributed by atoms with Crippen LogP contribution in [0.4, 0.5) is 5.69 Å². The van der Waals surface area contributed by atoms with E-state index in [1.807, 2.05) is 6.92 Å². The number of carbonyl (C=O) groups is 2. The second-order valence-electron chi connectivity index (χ2n) is 6.49. The van der Waals surface area contributed by atoms with Crippen molar-refractivity contribution >= 4 is 42.3 Å². The fraction of sp³-hybridized carbons (Fsp3) is 0.579. The van der Waals surface area contributed by atoms with Gasteiger partial charge in [-0.15, -0.1) is 24.8 Å². The molecular formula is C19H34Cl2N4O2. The molecule has 0 heterocycles. The van der Waals surface area contributed by atoms with Crippen molar-refractivity contribution in [3.63, 3.8) is 0 Å². The number of carbonyl (C=O) groups excluding carboxylic acids is 2.